The summed E-state index contributed by atoms with van der Waals surface area (Å²) >= 11 is 0. The lowest BCUT2D eigenvalue weighted by Gasteiger charge is -2.38. The second-order valence-corrected chi connectivity index (χ2v) is 11.8. The Labute approximate surface area is 270 Å². The van der Waals surface area contributed by atoms with Gasteiger partial charge >= 0.3 is 71.6 Å². The van der Waals surface area contributed by atoms with Gasteiger partial charge in [0, 0.05) is 0 Å². The standard InChI is InChI=1S/C27H26O22/c28-10(29)22(11(30)31)4-1-7-25(22,16(40)41)18(44)48-20(46)27(9-3-6-24(27,14(36)37)15(38)39)21(47)49-19(45)26(17(42)43)8-2-5-23(26,12(32)33)13(34)35/h1-9H2,(H,28,29)(H,30,31)(H,32,33)(H,34,35)(H,36,37)(H,38,39)(H,40,41)(H,42,43). The summed E-state index contributed by atoms with van der Waals surface area (Å²) in [6, 6.07) is 0. The molecule has 3 aliphatic rings. The molecule has 0 spiro atoms. The fourth-order valence-corrected chi connectivity index (χ4v) is 7.61. The Morgan fingerprint density at radius 2 is 0.449 bits per heavy atom. The summed E-state index contributed by atoms with van der Waals surface area (Å²) in [5, 5.41) is 78.9. The first-order valence-corrected chi connectivity index (χ1v) is 13.9. The van der Waals surface area contributed by atoms with Gasteiger partial charge in [0.2, 0.25) is 0 Å². The van der Waals surface area contributed by atoms with Crippen LogP contribution in [-0.2, 0) is 67.0 Å². The Hall–Kier alpha value is -5.96. The molecule has 0 bridgehead atoms. The van der Waals surface area contributed by atoms with Crippen LogP contribution in [0.15, 0.2) is 0 Å². The van der Waals surface area contributed by atoms with Gasteiger partial charge in [-0.1, -0.05) is 0 Å². The van der Waals surface area contributed by atoms with Gasteiger partial charge in [0.25, 0.3) is 0 Å². The molecule has 0 aromatic heterocycles. The van der Waals surface area contributed by atoms with Gasteiger partial charge in [0.1, 0.15) is 0 Å². The first-order valence-electron chi connectivity index (χ1n) is 13.9. The van der Waals surface area contributed by atoms with Crippen molar-refractivity contribution in [1.29, 1.82) is 0 Å². The molecule has 266 valence electrons. The second-order valence-electron chi connectivity index (χ2n) is 11.8. The maximum absolute atomic E-state index is 13.8. The number of ether oxygens (including phenoxy) is 2. The van der Waals surface area contributed by atoms with Gasteiger partial charge in [-0.05, 0) is 57.8 Å². The number of carbonyl (C=O) groups is 12. The van der Waals surface area contributed by atoms with Gasteiger partial charge in [-0.2, -0.15) is 0 Å². The first-order chi connectivity index (χ1) is 22.5. The Balaban J connectivity index is 2.26. The third-order valence-corrected chi connectivity index (χ3v) is 10.2. The zero-order chi connectivity index (χ0) is 37.7. The quantitative estimate of drug-likeness (QED) is 0.0827. The SMILES string of the molecule is O=C(O)C1(C(=O)O)CCCC1(C(=O)O)C(=O)OC(=O)C1(C(=O)OC(=O)C2(C(=O)O)CCCC2(C(=O)O)C(=O)O)CCCC1(C(=O)O)C(=O)O. The van der Waals surface area contributed by atoms with E-state index in [4.69, 9.17) is 0 Å². The van der Waals surface area contributed by atoms with Crippen LogP contribution in [0.4, 0.5) is 0 Å². The smallest absolute Gasteiger partial charge is 0.333 e. The fraction of sp³-hybridized carbons (Fsp3) is 0.556. The van der Waals surface area contributed by atoms with E-state index in [1.807, 2.05) is 0 Å². The number of carbonyl (C=O) groups excluding carboxylic acids is 4. The molecule has 0 saturated heterocycles. The van der Waals surface area contributed by atoms with Crippen LogP contribution in [0, 0.1) is 32.5 Å². The van der Waals surface area contributed by atoms with Crippen molar-refractivity contribution in [2.45, 2.75) is 57.8 Å². The van der Waals surface area contributed by atoms with Crippen molar-refractivity contribution in [3.05, 3.63) is 0 Å². The number of carboxylic acid groups (broad SMARTS) is 8. The molecule has 49 heavy (non-hydrogen) atoms. The van der Waals surface area contributed by atoms with Crippen LogP contribution in [-0.4, -0.2) is 112 Å². The van der Waals surface area contributed by atoms with Crippen molar-refractivity contribution < 1.29 is 108 Å². The lowest BCUT2D eigenvalue weighted by atomic mass is 9.63. The number of aliphatic carboxylic acids is 8. The van der Waals surface area contributed by atoms with Gasteiger partial charge in [-0.3, -0.25) is 57.5 Å². The second kappa shape index (κ2) is 11.9. The zero-order valence-electron chi connectivity index (χ0n) is 24.7. The molecule has 0 heterocycles. The maximum Gasteiger partial charge on any atom is 0.333 e. The van der Waals surface area contributed by atoms with E-state index in [2.05, 4.69) is 9.47 Å². The van der Waals surface area contributed by atoms with Crippen LogP contribution in [0.3, 0.4) is 0 Å². The maximum atomic E-state index is 13.8. The molecular formula is C27H26O22. The van der Waals surface area contributed by atoms with Crippen molar-refractivity contribution in [3.8, 4) is 0 Å². The molecular weight excluding hydrogens is 676 g/mol. The number of carboxylic acids is 8. The number of hydrogen-bond donors (Lipinski definition) is 8. The average Bonchev–Trinajstić information content (AvgIpc) is 3.71. The number of hydrogen-bond acceptors (Lipinski definition) is 14. The summed E-state index contributed by atoms with van der Waals surface area (Å²) in [6.07, 6.45) is -8.80. The number of rotatable bonds is 12. The summed E-state index contributed by atoms with van der Waals surface area (Å²) in [5.41, 5.74) is -22.1. The topological polar surface area (TPSA) is 385 Å². The van der Waals surface area contributed by atoms with E-state index in [1.54, 1.807) is 0 Å². The van der Waals surface area contributed by atoms with Gasteiger partial charge < -0.3 is 50.3 Å². The van der Waals surface area contributed by atoms with Crippen LogP contribution in [0.2, 0.25) is 0 Å². The van der Waals surface area contributed by atoms with Gasteiger partial charge in [-0.25, -0.2) is 0 Å². The molecule has 3 rings (SSSR count). The highest BCUT2D eigenvalue weighted by Gasteiger charge is 2.79. The predicted molar refractivity (Wildman–Crippen MR) is 139 cm³/mol. The Kier molecular flexibility index (Phi) is 9.13. The minimum Gasteiger partial charge on any atom is -0.480 e. The molecule has 0 amide bonds. The van der Waals surface area contributed by atoms with Crippen LogP contribution in [0.25, 0.3) is 0 Å². The zero-order valence-corrected chi connectivity index (χ0v) is 24.7. The van der Waals surface area contributed by atoms with E-state index in [0.717, 1.165) is 0 Å². The minimum absolute atomic E-state index is 0.601. The Bertz CT molecular complexity index is 1500. The van der Waals surface area contributed by atoms with Crippen molar-refractivity contribution in [3.63, 3.8) is 0 Å². The van der Waals surface area contributed by atoms with Gasteiger partial charge in [-0.15, -0.1) is 0 Å². The highest BCUT2D eigenvalue weighted by molar-refractivity contribution is 6.21. The lowest BCUT2D eigenvalue weighted by Crippen LogP contribution is -2.63. The Morgan fingerprint density at radius 1 is 0.286 bits per heavy atom. The molecule has 22 nitrogen and oxygen atoms in total. The summed E-state index contributed by atoms with van der Waals surface area (Å²) in [6.45, 7) is 0. The molecule has 2 atom stereocenters. The van der Waals surface area contributed by atoms with Crippen molar-refractivity contribution in [2.75, 3.05) is 0 Å². The van der Waals surface area contributed by atoms with E-state index >= 15 is 0 Å². The highest BCUT2D eigenvalue weighted by Crippen LogP contribution is 2.59. The average molecular weight is 702 g/mol. The fourth-order valence-electron chi connectivity index (χ4n) is 7.61. The van der Waals surface area contributed by atoms with Crippen molar-refractivity contribution in [1.82, 2.24) is 0 Å². The molecule has 3 fully saturated rings. The predicted octanol–water partition coefficient (Wildman–Crippen LogP) is -1.73. The summed E-state index contributed by atoms with van der Waals surface area (Å²) in [5.74, 6) is -29.8. The minimum atomic E-state index is -3.95. The molecule has 0 radical (unpaired) electrons. The van der Waals surface area contributed by atoms with Crippen LogP contribution in [0.5, 0.6) is 0 Å². The summed E-state index contributed by atoms with van der Waals surface area (Å²) in [7, 11) is 0. The van der Waals surface area contributed by atoms with Crippen molar-refractivity contribution in [2.24, 2.45) is 32.5 Å². The molecule has 3 aliphatic carbocycles. The molecule has 3 saturated carbocycles. The van der Waals surface area contributed by atoms with Crippen LogP contribution in [0.1, 0.15) is 57.8 Å². The van der Waals surface area contributed by atoms with Gasteiger partial charge in [0.15, 0.2) is 32.5 Å². The molecule has 8 N–H and O–H groups in total. The van der Waals surface area contributed by atoms with Gasteiger partial charge in [0.05, 0.1) is 0 Å². The third kappa shape index (κ3) is 4.31. The molecule has 0 aromatic rings. The molecule has 2 unspecified atom stereocenters. The first kappa shape index (κ1) is 37.5. The molecule has 0 aromatic carbocycles. The molecule has 0 aliphatic heterocycles. The van der Waals surface area contributed by atoms with Crippen LogP contribution < -0.4 is 0 Å². The van der Waals surface area contributed by atoms with E-state index in [0.29, 0.717) is 0 Å². The van der Waals surface area contributed by atoms with E-state index in [1.165, 1.54) is 0 Å². The summed E-state index contributed by atoms with van der Waals surface area (Å²) < 4.78 is 8.97. The monoisotopic (exact) mass is 702 g/mol. The van der Waals surface area contributed by atoms with Crippen LogP contribution >= 0.6 is 0 Å². The largest absolute Gasteiger partial charge is 0.480 e. The normalized spacial score (nSPS) is 27.6. The lowest BCUT2D eigenvalue weighted by molar-refractivity contribution is -0.208. The Morgan fingerprint density at radius 3 is 0.673 bits per heavy atom. The van der Waals surface area contributed by atoms with E-state index < -0.39 is 162 Å². The molecule has 22 heteroatoms. The van der Waals surface area contributed by atoms with E-state index in [-0.39, 0.29) is 0 Å². The van der Waals surface area contributed by atoms with Crippen molar-refractivity contribution >= 4 is 71.6 Å². The highest BCUT2D eigenvalue weighted by atomic mass is 16.6. The summed E-state index contributed by atoms with van der Waals surface area (Å²) in [4.78, 5) is 153. The third-order valence-electron chi connectivity index (χ3n) is 10.2. The number of esters is 4. The van der Waals surface area contributed by atoms with E-state index in [9.17, 15) is 98.4 Å².